The maximum atomic E-state index is 12.2. The van der Waals surface area contributed by atoms with Crippen LogP contribution in [-0.2, 0) is 14.3 Å². The van der Waals surface area contributed by atoms with E-state index in [0.29, 0.717) is 25.5 Å². The predicted octanol–water partition coefficient (Wildman–Crippen LogP) is 3.16. The van der Waals surface area contributed by atoms with E-state index in [-0.39, 0.29) is 12.0 Å². The third-order valence-electron chi connectivity index (χ3n) is 5.07. The molecule has 0 saturated carbocycles. The average molecular weight is 417 g/mol. The molecule has 0 spiro atoms. The van der Waals surface area contributed by atoms with Crippen LogP contribution in [0.2, 0.25) is 0 Å². The molecule has 0 aromatic heterocycles. The molecule has 0 aliphatic carbocycles. The summed E-state index contributed by atoms with van der Waals surface area (Å²) in [6.45, 7) is 14.2. The van der Waals surface area contributed by atoms with E-state index in [1.807, 2.05) is 32.9 Å². The molecule has 164 valence electrons. The highest BCUT2D eigenvalue weighted by Crippen LogP contribution is 2.21. The van der Waals surface area contributed by atoms with Gasteiger partial charge in [0.25, 0.3) is 5.90 Å². The zero-order valence-corrected chi connectivity index (χ0v) is 18.2. The number of likely N-dealkylation sites (tertiary alicyclic amines) is 1. The third kappa shape index (κ3) is 6.19. The van der Waals surface area contributed by atoms with Gasteiger partial charge >= 0.3 is 6.09 Å². The summed E-state index contributed by atoms with van der Waals surface area (Å²) >= 11 is 0. The number of oxime groups is 1. The van der Waals surface area contributed by atoms with Crippen LogP contribution in [0.3, 0.4) is 0 Å². The van der Waals surface area contributed by atoms with Crippen molar-refractivity contribution in [3.05, 3.63) is 29.8 Å². The Morgan fingerprint density at radius 3 is 2.53 bits per heavy atom. The highest BCUT2D eigenvalue weighted by Gasteiger charge is 2.29. The van der Waals surface area contributed by atoms with Crippen LogP contribution in [0, 0.1) is 5.92 Å². The summed E-state index contributed by atoms with van der Waals surface area (Å²) in [7, 11) is 0. The molecule has 8 heteroatoms. The van der Waals surface area contributed by atoms with Crippen molar-refractivity contribution in [2.45, 2.75) is 32.8 Å². The molecular weight excluding hydrogens is 384 g/mol. The molecule has 1 atom stereocenters. The van der Waals surface area contributed by atoms with Crippen molar-refractivity contribution in [2.24, 2.45) is 16.1 Å². The van der Waals surface area contributed by atoms with Crippen molar-refractivity contribution in [1.29, 1.82) is 0 Å². The highest BCUT2D eigenvalue weighted by atomic mass is 16.6. The lowest BCUT2D eigenvalue weighted by molar-refractivity contribution is 0.0289. The second kappa shape index (κ2) is 9.93. The minimum atomic E-state index is -0.489. The van der Waals surface area contributed by atoms with Gasteiger partial charge in [-0.1, -0.05) is 5.16 Å². The highest BCUT2D eigenvalue weighted by molar-refractivity contribution is 5.94. The van der Waals surface area contributed by atoms with Gasteiger partial charge in [0.05, 0.1) is 13.2 Å². The second-order valence-electron chi connectivity index (χ2n) is 8.59. The van der Waals surface area contributed by atoms with Gasteiger partial charge in [0.15, 0.2) is 0 Å². The summed E-state index contributed by atoms with van der Waals surface area (Å²) in [6, 6.07) is 8.08. The monoisotopic (exact) mass is 416 g/mol. The number of anilines is 1. The lowest BCUT2D eigenvalue weighted by atomic mass is 10.1. The van der Waals surface area contributed by atoms with Crippen molar-refractivity contribution in [2.75, 3.05) is 50.8 Å². The zero-order chi connectivity index (χ0) is 21.6. The lowest BCUT2D eigenvalue weighted by Crippen LogP contribution is -2.36. The number of carbonyl (C=O) groups excluding carboxylic acids is 1. The first-order valence-electron chi connectivity index (χ1n) is 10.4. The van der Waals surface area contributed by atoms with Gasteiger partial charge in [-0.05, 0) is 57.4 Å². The van der Waals surface area contributed by atoms with Crippen LogP contribution < -0.4 is 4.90 Å². The number of nitrogens with zero attached hydrogens (tertiary/aromatic N) is 4. The van der Waals surface area contributed by atoms with Gasteiger partial charge in [0.1, 0.15) is 5.60 Å². The molecule has 0 radical (unpaired) electrons. The van der Waals surface area contributed by atoms with Crippen molar-refractivity contribution < 1.29 is 19.1 Å². The number of aliphatic imine (C=N–C) groups is 1. The molecule has 30 heavy (non-hydrogen) atoms. The van der Waals surface area contributed by atoms with Crippen LogP contribution in [-0.4, -0.2) is 75.1 Å². The zero-order valence-electron chi connectivity index (χ0n) is 18.2. The first-order chi connectivity index (χ1) is 14.4. The van der Waals surface area contributed by atoms with Crippen LogP contribution in [0.15, 0.2) is 34.4 Å². The van der Waals surface area contributed by atoms with Crippen LogP contribution in [0.1, 0.15) is 32.8 Å². The third-order valence-corrected chi connectivity index (χ3v) is 5.07. The Morgan fingerprint density at radius 1 is 1.20 bits per heavy atom. The normalized spacial score (nSPS) is 20.2. The Morgan fingerprint density at radius 2 is 1.90 bits per heavy atom. The van der Waals surface area contributed by atoms with E-state index < -0.39 is 5.60 Å². The number of carbonyl (C=O) groups is 1. The Balaban J connectivity index is 1.59. The average Bonchev–Trinajstić information content (AvgIpc) is 3.20. The maximum absolute atomic E-state index is 12.2. The molecule has 2 heterocycles. The molecular formula is C22H32N4O4. The molecule has 1 unspecified atom stereocenters. The van der Waals surface area contributed by atoms with Gasteiger partial charge < -0.3 is 24.1 Å². The molecule has 0 bridgehead atoms. The SMILES string of the molecule is C=NOC(=NCC1CCN(C(=O)OC(C)(C)C)C1)c1ccc(N2CCOCC2)cc1. The minimum Gasteiger partial charge on any atom is -0.444 e. The van der Waals surface area contributed by atoms with Gasteiger partial charge in [0.2, 0.25) is 0 Å². The summed E-state index contributed by atoms with van der Waals surface area (Å²) in [5, 5.41) is 3.56. The van der Waals surface area contributed by atoms with E-state index in [2.05, 4.69) is 33.9 Å². The Bertz CT molecular complexity index is 751. The summed E-state index contributed by atoms with van der Waals surface area (Å²) in [4.78, 5) is 26.2. The van der Waals surface area contributed by atoms with Crippen molar-refractivity contribution in [3.8, 4) is 0 Å². The van der Waals surface area contributed by atoms with Gasteiger partial charge in [-0.15, -0.1) is 0 Å². The maximum Gasteiger partial charge on any atom is 0.410 e. The van der Waals surface area contributed by atoms with E-state index in [9.17, 15) is 4.79 Å². The van der Waals surface area contributed by atoms with E-state index in [4.69, 9.17) is 14.3 Å². The number of rotatable bonds is 5. The molecule has 8 nitrogen and oxygen atoms in total. The summed E-state index contributed by atoms with van der Waals surface area (Å²) in [5.74, 6) is 0.697. The molecule has 3 rings (SSSR count). The molecule has 2 aliphatic heterocycles. The molecule has 2 aliphatic rings. The Labute approximate surface area is 178 Å². The molecule has 1 aromatic carbocycles. The van der Waals surface area contributed by atoms with E-state index in [1.54, 1.807) is 4.90 Å². The van der Waals surface area contributed by atoms with Gasteiger partial charge in [0, 0.05) is 50.7 Å². The van der Waals surface area contributed by atoms with E-state index in [0.717, 1.165) is 44.0 Å². The fraction of sp³-hybridized carbons (Fsp3) is 0.591. The molecule has 1 amide bonds. The Hall–Kier alpha value is -2.61. The largest absolute Gasteiger partial charge is 0.444 e. The molecule has 1 aromatic rings. The topological polar surface area (TPSA) is 76.0 Å². The molecule has 2 fully saturated rings. The number of amides is 1. The second-order valence-corrected chi connectivity index (χ2v) is 8.59. The van der Waals surface area contributed by atoms with Gasteiger partial charge in [-0.25, -0.2) is 9.79 Å². The summed E-state index contributed by atoms with van der Waals surface area (Å²) < 4.78 is 10.9. The number of hydrogen-bond acceptors (Lipinski definition) is 7. The number of hydrogen-bond donors (Lipinski definition) is 0. The van der Waals surface area contributed by atoms with Crippen LogP contribution >= 0.6 is 0 Å². The number of ether oxygens (including phenoxy) is 2. The van der Waals surface area contributed by atoms with Gasteiger partial charge in [-0.3, -0.25) is 0 Å². The van der Waals surface area contributed by atoms with Gasteiger partial charge in [-0.2, -0.15) is 0 Å². The first-order valence-corrected chi connectivity index (χ1v) is 10.4. The van der Waals surface area contributed by atoms with Crippen LogP contribution in [0.25, 0.3) is 0 Å². The fourth-order valence-electron chi connectivity index (χ4n) is 3.56. The van der Waals surface area contributed by atoms with Crippen molar-refractivity contribution >= 4 is 24.4 Å². The van der Waals surface area contributed by atoms with E-state index >= 15 is 0 Å². The number of morpholine rings is 1. The predicted molar refractivity (Wildman–Crippen MR) is 117 cm³/mol. The van der Waals surface area contributed by atoms with Crippen molar-refractivity contribution in [1.82, 2.24) is 4.90 Å². The first kappa shape index (κ1) is 22.1. The minimum absolute atomic E-state index is 0.258. The van der Waals surface area contributed by atoms with Crippen LogP contribution in [0.4, 0.5) is 10.5 Å². The summed E-state index contributed by atoms with van der Waals surface area (Å²) in [5.41, 5.74) is 1.51. The number of benzene rings is 1. The summed E-state index contributed by atoms with van der Waals surface area (Å²) in [6.07, 6.45) is 0.616. The smallest absolute Gasteiger partial charge is 0.410 e. The molecule has 0 N–H and O–H groups in total. The van der Waals surface area contributed by atoms with Crippen molar-refractivity contribution in [3.63, 3.8) is 0 Å². The lowest BCUT2D eigenvalue weighted by Gasteiger charge is -2.28. The van der Waals surface area contributed by atoms with E-state index in [1.165, 1.54) is 0 Å². The fourth-order valence-corrected chi connectivity index (χ4v) is 3.56. The van der Waals surface area contributed by atoms with Crippen LogP contribution in [0.5, 0.6) is 0 Å². The standard InChI is InChI=1S/C22H32N4O4/c1-22(2,3)29-21(27)26-10-9-17(16-26)15-24-20(30-23-4)18-5-7-19(8-6-18)25-11-13-28-14-12-25/h5-8,17H,4,9-16H2,1-3H3. The molecule has 2 saturated heterocycles. The quantitative estimate of drug-likeness (QED) is 0.419. The Kier molecular flexibility index (Phi) is 7.31.